The smallest absolute Gasteiger partial charge is 0.261 e. The normalized spacial score (nSPS) is 10.7. The van der Waals surface area contributed by atoms with Crippen molar-refractivity contribution < 1.29 is 13.5 Å². The molecule has 1 radical (unpaired) electrons. The van der Waals surface area contributed by atoms with Gasteiger partial charge in [0.2, 0.25) is 0 Å². The second-order valence-corrected chi connectivity index (χ2v) is 1.68. The van der Waals surface area contributed by atoms with Gasteiger partial charge >= 0.3 is 0 Å². The lowest BCUT2D eigenvalue weighted by molar-refractivity contribution is 0.0418. The van der Waals surface area contributed by atoms with Crippen LogP contribution in [0.3, 0.4) is 0 Å². The van der Waals surface area contributed by atoms with E-state index in [0.29, 0.717) is 0 Å². The third kappa shape index (κ3) is 7.82. The third-order valence-electron chi connectivity index (χ3n) is 0.747. The Labute approximate surface area is 54.0 Å². The van der Waals surface area contributed by atoms with Gasteiger partial charge in [-0.2, -0.15) is 0 Å². The number of ether oxygens (including phenoxy) is 1. The molecule has 0 aromatic carbocycles. The van der Waals surface area contributed by atoms with Crippen molar-refractivity contribution in [1.82, 2.24) is 0 Å². The first-order chi connectivity index (χ1) is 4.27. The maximum Gasteiger partial charge on any atom is 0.261 e. The Bertz CT molecular complexity index is 57.0. The van der Waals surface area contributed by atoms with Crippen LogP contribution in [-0.4, -0.2) is 13.0 Å². The zero-order valence-electron chi connectivity index (χ0n) is 5.44. The van der Waals surface area contributed by atoms with E-state index in [1.54, 1.807) is 0 Å². The van der Waals surface area contributed by atoms with E-state index >= 15 is 0 Å². The summed E-state index contributed by atoms with van der Waals surface area (Å²) in [7, 11) is 0. The van der Waals surface area contributed by atoms with E-state index in [2.05, 4.69) is 4.74 Å². The topological polar surface area (TPSA) is 9.23 Å². The van der Waals surface area contributed by atoms with Gasteiger partial charge in [0.15, 0.2) is 0 Å². The molecule has 0 aliphatic heterocycles. The first-order valence-electron chi connectivity index (χ1n) is 2.98. The van der Waals surface area contributed by atoms with E-state index in [1.165, 1.54) is 6.61 Å². The summed E-state index contributed by atoms with van der Waals surface area (Å²) in [6.07, 6.45) is -0.672. The maximum absolute atomic E-state index is 11.3. The summed E-state index contributed by atoms with van der Waals surface area (Å²) in [6, 6.07) is 0. The summed E-state index contributed by atoms with van der Waals surface area (Å²) >= 11 is 0. The van der Waals surface area contributed by atoms with Crippen molar-refractivity contribution in [3.63, 3.8) is 0 Å². The molecule has 0 saturated heterocycles. The molecule has 0 aromatic heterocycles. The molecule has 0 aliphatic rings. The summed E-state index contributed by atoms with van der Waals surface area (Å²) in [5.41, 5.74) is 0. The van der Waals surface area contributed by atoms with E-state index in [9.17, 15) is 8.78 Å². The predicted molar refractivity (Wildman–Crippen MR) is 31.2 cm³/mol. The van der Waals surface area contributed by atoms with Crippen LogP contribution >= 0.6 is 0 Å². The molecule has 0 spiro atoms. The second-order valence-electron chi connectivity index (χ2n) is 1.68. The van der Waals surface area contributed by atoms with Gasteiger partial charge in [-0.25, -0.2) is 8.78 Å². The summed E-state index contributed by atoms with van der Waals surface area (Å²) in [4.78, 5) is 0. The molecule has 0 heterocycles. The lowest BCUT2D eigenvalue weighted by Crippen LogP contribution is -2.01. The average molecular weight is 137 g/mol. The molecule has 0 N–H and O–H groups in total. The molecule has 3 heteroatoms. The Balaban J connectivity index is 2.75. The van der Waals surface area contributed by atoms with Crippen LogP contribution in [0.1, 0.15) is 19.8 Å². The molecule has 0 fully saturated rings. The first kappa shape index (κ1) is 8.82. The Morgan fingerprint density at radius 3 is 2.67 bits per heavy atom. The SMILES string of the molecule is CCC[CH]OCC(F)F. The molecule has 0 amide bonds. The van der Waals surface area contributed by atoms with Crippen molar-refractivity contribution in [3.05, 3.63) is 6.61 Å². The number of unbranched alkanes of at least 4 members (excludes halogenated alkanes) is 1. The molecule has 0 atom stereocenters. The van der Waals surface area contributed by atoms with Crippen LogP contribution in [0.15, 0.2) is 0 Å². The van der Waals surface area contributed by atoms with Gasteiger partial charge in [-0.3, -0.25) is 0 Å². The third-order valence-corrected chi connectivity index (χ3v) is 0.747. The summed E-state index contributed by atoms with van der Waals surface area (Å²) in [5, 5.41) is 0. The Hall–Kier alpha value is -0.180. The van der Waals surface area contributed by atoms with E-state index in [-0.39, 0.29) is 0 Å². The molecule has 0 saturated carbocycles. The number of halogens is 2. The predicted octanol–water partition coefficient (Wildman–Crippen LogP) is 2.23. The zero-order valence-corrected chi connectivity index (χ0v) is 5.44. The van der Waals surface area contributed by atoms with Crippen LogP contribution in [-0.2, 0) is 4.74 Å². The van der Waals surface area contributed by atoms with Crippen LogP contribution < -0.4 is 0 Å². The van der Waals surface area contributed by atoms with Crippen LogP contribution in [0.4, 0.5) is 8.78 Å². The standard InChI is InChI=1S/C6H11F2O/c1-2-3-4-9-5-6(7)8/h4,6H,2-3,5H2,1H3. The van der Waals surface area contributed by atoms with E-state index in [4.69, 9.17) is 0 Å². The Kier molecular flexibility index (Phi) is 5.83. The van der Waals surface area contributed by atoms with Crippen molar-refractivity contribution in [3.8, 4) is 0 Å². The van der Waals surface area contributed by atoms with Crippen molar-refractivity contribution in [2.24, 2.45) is 0 Å². The molecule has 55 valence electrons. The zero-order chi connectivity index (χ0) is 7.11. The lowest BCUT2D eigenvalue weighted by atomic mass is 10.4. The Morgan fingerprint density at radius 2 is 2.22 bits per heavy atom. The fourth-order valence-electron chi connectivity index (χ4n) is 0.342. The van der Waals surface area contributed by atoms with Gasteiger partial charge < -0.3 is 4.74 Å². The van der Waals surface area contributed by atoms with Crippen molar-refractivity contribution >= 4 is 0 Å². The maximum atomic E-state index is 11.3. The second kappa shape index (κ2) is 5.95. The van der Waals surface area contributed by atoms with Gasteiger partial charge in [0, 0.05) is 0 Å². The van der Waals surface area contributed by atoms with Gasteiger partial charge in [0.25, 0.3) is 6.43 Å². The van der Waals surface area contributed by atoms with Gasteiger partial charge in [-0.05, 0) is 6.42 Å². The molecule has 0 aromatic rings. The molecular weight excluding hydrogens is 126 g/mol. The summed E-state index contributed by atoms with van der Waals surface area (Å²) < 4.78 is 27.1. The number of hydrogen-bond donors (Lipinski definition) is 0. The molecule has 0 bridgehead atoms. The first-order valence-corrected chi connectivity index (χ1v) is 2.98. The molecule has 0 unspecified atom stereocenters. The average Bonchev–Trinajstić information content (AvgIpc) is 1.80. The number of alkyl halides is 2. The van der Waals surface area contributed by atoms with Gasteiger partial charge in [0.05, 0.1) is 6.61 Å². The highest BCUT2D eigenvalue weighted by Crippen LogP contribution is 1.97. The van der Waals surface area contributed by atoms with Crippen LogP contribution in [0.25, 0.3) is 0 Å². The highest BCUT2D eigenvalue weighted by molar-refractivity contribution is 4.48. The highest BCUT2D eigenvalue weighted by atomic mass is 19.3. The van der Waals surface area contributed by atoms with Crippen LogP contribution in [0.5, 0.6) is 0 Å². The van der Waals surface area contributed by atoms with Crippen molar-refractivity contribution in [2.45, 2.75) is 26.2 Å². The van der Waals surface area contributed by atoms with E-state index < -0.39 is 13.0 Å². The Morgan fingerprint density at radius 1 is 1.56 bits per heavy atom. The largest absolute Gasteiger partial charge is 0.370 e. The fourth-order valence-corrected chi connectivity index (χ4v) is 0.342. The monoisotopic (exact) mass is 137 g/mol. The number of hydrogen-bond acceptors (Lipinski definition) is 1. The quantitative estimate of drug-likeness (QED) is 0.528. The highest BCUT2D eigenvalue weighted by Gasteiger charge is 1.99. The minimum atomic E-state index is -2.35. The summed E-state index contributed by atoms with van der Waals surface area (Å²) in [6.45, 7) is 2.91. The molecule has 0 aliphatic carbocycles. The van der Waals surface area contributed by atoms with Gasteiger partial charge in [-0.1, -0.05) is 13.3 Å². The van der Waals surface area contributed by atoms with Crippen molar-refractivity contribution in [2.75, 3.05) is 6.61 Å². The van der Waals surface area contributed by atoms with E-state index in [1.807, 2.05) is 6.92 Å². The molecule has 0 rings (SSSR count). The van der Waals surface area contributed by atoms with Crippen LogP contribution in [0.2, 0.25) is 0 Å². The number of rotatable bonds is 5. The fraction of sp³-hybridized carbons (Fsp3) is 0.833. The van der Waals surface area contributed by atoms with Gasteiger partial charge in [0.1, 0.15) is 6.61 Å². The minimum Gasteiger partial charge on any atom is -0.370 e. The van der Waals surface area contributed by atoms with E-state index in [0.717, 1.165) is 12.8 Å². The van der Waals surface area contributed by atoms with Crippen LogP contribution in [0, 0.1) is 6.61 Å². The molecule has 1 nitrogen and oxygen atoms in total. The molecule has 9 heavy (non-hydrogen) atoms. The van der Waals surface area contributed by atoms with Crippen molar-refractivity contribution in [1.29, 1.82) is 0 Å². The van der Waals surface area contributed by atoms with Gasteiger partial charge in [-0.15, -0.1) is 0 Å². The lowest BCUT2D eigenvalue weighted by Gasteiger charge is -1.99. The molecular formula is C6H11F2O. The summed E-state index contributed by atoms with van der Waals surface area (Å²) in [5.74, 6) is 0. The minimum absolute atomic E-state index is 0.472.